The number of hydrogen-bond acceptors (Lipinski definition) is 4. The van der Waals surface area contributed by atoms with Crippen molar-refractivity contribution < 1.29 is 22.4 Å². The van der Waals surface area contributed by atoms with Crippen molar-refractivity contribution in [3.05, 3.63) is 65.5 Å². The van der Waals surface area contributed by atoms with Crippen LogP contribution in [0.15, 0.2) is 48.5 Å². The average Bonchev–Trinajstić information content (AvgIpc) is 2.84. The summed E-state index contributed by atoms with van der Waals surface area (Å²) in [5, 5.41) is 2.88. The molecule has 2 rings (SSSR count). The van der Waals surface area contributed by atoms with Crippen molar-refractivity contribution in [3.63, 3.8) is 0 Å². The van der Waals surface area contributed by atoms with Gasteiger partial charge in [-0.2, -0.15) is 0 Å². The molecule has 0 aromatic heterocycles. The van der Waals surface area contributed by atoms with E-state index in [0.29, 0.717) is 11.3 Å². The lowest BCUT2D eigenvalue weighted by Gasteiger charge is -2.30. The van der Waals surface area contributed by atoms with Crippen molar-refractivity contribution in [2.45, 2.75) is 72.0 Å². The van der Waals surface area contributed by atoms with Crippen molar-refractivity contribution in [1.82, 2.24) is 10.2 Å². The van der Waals surface area contributed by atoms with E-state index in [1.807, 2.05) is 32.9 Å². The molecule has 0 unspecified atom stereocenters. The van der Waals surface area contributed by atoms with E-state index < -0.39 is 21.9 Å². The third-order valence-electron chi connectivity index (χ3n) is 6.25. The summed E-state index contributed by atoms with van der Waals surface area (Å²) in [4.78, 5) is 27.4. The number of carbonyl (C=O) groups is 2. The third kappa shape index (κ3) is 8.33. The molecule has 0 fully saturated rings. The Morgan fingerprint density at radius 3 is 2.22 bits per heavy atom. The van der Waals surface area contributed by atoms with Gasteiger partial charge in [-0.15, -0.1) is 0 Å². The number of halogens is 1. The van der Waals surface area contributed by atoms with Crippen LogP contribution >= 0.6 is 0 Å². The molecule has 2 amide bonds. The van der Waals surface area contributed by atoms with E-state index in [9.17, 15) is 22.4 Å². The van der Waals surface area contributed by atoms with Gasteiger partial charge in [-0.1, -0.05) is 44.2 Å². The first-order valence-corrected chi connectivity index (χ1v) is 14.2. The van der Waals surface area contributed by atoms with E-state index in [-0.39, 0.29) is 43.8 Å². The predicted octanol–water partition coefficient (Wildman–Crippen LogP) is 4.27. The lowest BCUT2D eigenvalue weighted by Crippen LogP contribution is -2.49. The van der Waals surface area contributed by atoms with Crippen LogP contribution in [0.3, 0.4) is 0 Å². The monoisotopic (exact) mass is 519 g/mol. The Labute approximate surface area is 214 Å². The second-order valence-corrected chi connectivity index (χ2v) is 11.0. The van der Waals surface area contributed by atoms with Crippen molar-refractivity contribution in [3.8, 4) is 0 Å². The Hall–Kier alpha value is -2.94. The first-order chi connectivity index (χ1) is 17.0. The molecule has 0 saturated carbocycles. The molecule has 7 nitrogen and oxygen atoms in total. The largest absolute Gasteiger partial charge is 0.352 e. The Kier molecular flexibility index (Phi) is 10.9. The lowest BCUT2D eigenvalue weighted by atomic mass is 10.1. The van der Waals surface area contributed by atoms with Gasteiger partial charge in [-0.05, 0) is 56.9 Å². The Balaban J connectivity index is 2.18. The first-order valence-electron chi connectivity index (χ1n) is 12.4. The summed E-state index contributed by atoms with van der Waals surface area (Å²) >= 11 is 0. The van der Waals surface area contributed by atoms with E-state index in [1.165, 1.54) is 15.3 Å². The molecule has 0 radical (unpaired) electrons. The molecule has 36 heavy (non-hydrogen) atoms. The number of sulfonamides is 1. The second kappa shape index (κ2) is 13.4. The van der Waals surface area contributed by atoms with Gasteiger partial charge < -0.3 is 10.2 Å². The standard InChI is InChI=1S/C27H38FN3O4S/c1-6-20(3)29-27(33)21(4)30(19-23-11-8-9-12-25(23)28)26(32)13-10-18-31(36(5,34)35)24-16-14-22(7-2)15-17-24/h8-9,11-12,14-17,20-21H,6-7,10,13,18-19H2,1-5H3,(H,29,33)/t20-,21+/m0/s1. The minimum absolute atomic E-state index is 0.00840. The van der Waals surface area contributed by atoms with Crippen LogP contribution < -0.4 is 9.62 Å². The van der Waals surface area contributed by atoms with E-state index in [0.717, 1.165) is 24.7 Å². The molecule has 0 spiro atoms. The van der Waals surface area contributed by atoms with E-state index in [1.54, 1.807) is 37.3 Å². The SMILES string of the molecule is CCc1ccc(N(CCCC(=O)N(Cc2ccccc2F)[C@H](C)C(=O)N[C@@H](C)CC)S(C)(=O)=O)cc1. The minimum Gasteiger partial charge on any atom is -0.352 e. The normalized spacial score (nSPS) is 13.1. The molecule has 0 saturated heterocycles. The molecule has 0 bridgehead atoms. The van der Waals surface area contributed by atoms with Gasteiger partial charge in [0.1, 0.15) is 11.9 Å². The third-order valence-corrected chi connectivity index (χ3v) is 7.45. The Morgan fingerprint density at radius 1 is 1.03 bits per heavy atom. The molecular weight excluding hydrogens is 481 g/mol. The molecule has 198 valence electrons. The minimum atomic E-state index is -3.56. The predicted molar refractivity (Wildman–Crippen MR) is 142 cm³/mol. The number of nitrogens with one attached hydrogen (secondary N) is 1. The highest BCUT2D eigenvalue weighted by Gasteiger charge is 2.28. The van der Waals surface area contributed by atoms with Gasteiger partial charge in [0.05, 0.1) is 11.9 Å². The highest BCUT2D eigenvalue weighted by Crippen LogP contribution is 2.20. The van der Waals surface area contributed by atoms with Gasteiger partial charge in [-0.25, -0.2) is 12.8 Å². The summed E-state index contributed by atoms with van der Waals surface area (Å²) < 4.78 is 40.5. The number of nitrogens with zero attached hydrogens (tertiary/aromatic N) is 2. The fraction of sp³-hybridized carbons (Fsp3) is 0.481. The lowest BCUT2D eigenvalue weighted by molar-refractivity contribution is -0.141. The second-order valence-electron chi connectivity index (χ2n) is 9.07. The van der Waals surface area contributed by atoms with Crippen LogP contribution in [-0.4, -0.2) is 50.0 Å². The highest BCUT2D eigenvalue weighted by molar-refractivity contribution is 7.92. The number of rotatable bonds is 13. The van der Waals surface area contributed by atoms with Crippen LogP contribution in [0.2, 0.25) is 0 Å². The fourth-order valence-corrected chi connectivity index (χ4v) is 4.73. The van der Waals surface area contributed by atoms with Crippen molar-refractivity contribution in [1.29, 1.82) is 0 Å². The van der Waals surface area contributed by atoms with Gasteiger partial charge in [-0.3, -0.25) is 13.9 Å². The maximum Gasteiger partial charge on any atom is 0.242 e. The number of benzene rings is 2. The zero-order valence-corrected chi connectivity index (χ0v) is 22.6. The summed E-state index contributed by atoms with van der Waals surface area (Å²) in [7, 11) is -3.56. The average molecular weight is 520 g/mol. The first kappa shape index (κ1) is 29.3. The van der Waals surface area contributed by atoms with E-state index in [4.69, 9.17) is 0 Å². The van der Waals surface area contributed by atoms with Crippen LogP contribution in [0.5, 0.6) is 0 Å². The molecule has 0 aliphatic rings. The maximum atomic E-state index is 14.4. The van der Waals surface area contributed by atoms with Crippen LogP contribution in [-0.2, 0) is 32.6 Å². The van der Waals surface area contributed by atoms with Gasteiger partial charge in [0, 0.05) is 31.1 Å². The summed E-state index contributed by atoms with van der Waals surface area (Å²) in [6, 6.07) is 12.5. The fourth-order valence-electron chi connectivity index (χ4n) is 3.76. The maximum absolute atomic E-state index is 14.4. The van der Waals surface area contributed by atoms with Gasteiger partial charge in [0.2, 0.25) is 21.8 Å². The quantitative estimate of drug-likeness (QED) is 0.428. The molecule has 0 heterocycles. The van der Waals surface area contributed by atoms with Crippen LogP contribution in [0, 0.1) is 5.82 Å². The molecule has 2 atom stereocenters. The summed E-state index contributed by atoms with van der Waals surface area (Å²) in [6.07, 6.45) is 2.96. The molecule has 1 N–H and O–H groups in total. The van der Waals surface area contributed by atoms with E-state index >= 15 is 0 Å². The van der Waals surface area contributed by atoms with Crippen molar-refractivity contribution in [2.24, 2.45) is 0 Å². The molecule has 2 aromatic carbocycles. The number of aryl methyl sites for hydroxylation is 1. The summed E-state index contributed by atoms with van der Waals surface area (Å²) in [6.45, 7) is 7.51. The zero-order chi connectivity index (χ0) is 26.9. The van der Waals surface area contributed by atoms with Crippen LogP contribution in [0.4, 0.5) is 10.1 Å². The van der Waals surface area contributed by atoms with Crippen LogP contribution in [0.25, 0.3) is 0 Å². The topological polar surface area (TPSA) is 86.8 Å². The van der Waals surface area contributed by atoms with Crippen molar-refractivity contribution in [2.75, 3.05) is 17.1 Å². The number of anilines is 1. The highest BCUT2D eigenvalue weighted by atomic mass is 32.2. The molecule has 2 aromatic rings. The molecule has 0 aliphatic carbocycles. The van der Waals surface area contributed by atoms with Crippen LogP contribution in [0.1, 0.15) is 58.1 Å². The van der Waals surface area contributed by atoms with E-state index in [2.05, 4.69) is 5.32 Å². The number of amides is 2. The van der Waals surface area contributed by atoms with Crippen molar-refractivity contribution >= 4 is 27.5 Å². The number of hydrogen-bond donors (Lipinski definition) is 1. The molecule has 0 aliphatic heterocycles. The summed E-state index contributed by atoms with van der Waals surface area (Å²) in [5.41, 5.74) is 1.94. The zero-order valence-electron chi connectivity index (χ0n) is 21.8. The van der Waals surface area contributed by atoms with Gasteiger partial charge in [0.25, 0.3) is 0 Å². The molecule has 9 heteroatoms. The Morgan fingerprint density at radius 2 is 1.67 bits per heavy atom. The smallest absolute Gasteiger partial charge is 0.242 e. The van der Waals surface area contributed by atoms with Gasteiger partial charge >= 0.3 is 0 Å². The van der Waals surface area contributed by atoms with Gasteiger partial charge in [0.15, 0.2) is 0 Å². The summed E-state index contributed by atoms with van der Waals surface area (Å²) in [5.74, 6) is -1.12. The number of carbonyl (C=O) groups excluding carboxylic acids is 2. The molecular formula is C27H38FN3O4S. The Bertz CT molecular complexity index is 1120.